The van der Waals surface area contributed by atoms with Crippen molar-refractivity contribution in [1.29, 1.82) is 0 Å². The fraction of sp³-hybridized carbons (Fsp3) is 0.979. The Bertz CT molecular complexity index is 621. The van der Waals surface area contributed by atoms with Crippen LogP contribution in [-0.4, -0.2) is 11.1 Å². The number of hydrogen-bond donors (Lipinski definition) is 1. The molecule has 1 N–H and O–H groups in total. The predicted octanol–water partition coefficient (Wildman–Crippen LogP) is 17.4. The summed E-state index contributed by atoms with van der Waals surface area (Å²) in [4.78, 5) is 10.3. The van der Waals surface area contributed by atoms with Crippen LogP contribution >= 0.6 is 0 Å². The first-order valence-corrected chi connectivity index (χ1v) is 23.2. The highest BCUT2D eigenvalue weighted by molar-refractivity contribution is 5.66. The molecule has 0 spiro atoms. The van der Waals surface area contributed by atoms with Crippen molar-refractivity contribution < 1.29 is 9.90 Å². The summed E-state index contributed by atoms with van der Waals surface area (Å²) in [7, 11) is 0. The lowest BCUT2D eigenvalue weighted by molar-refractivity contribution is -0.137. The van der Waals surface area contributed by atoms with Gasteiger partial charge >= 0.3 is 5.97 Å². The van der Waals surface area contributed by atoms with Crippen molar-refractivity contribution in [1.82, 2.24) is 0 Å². The molecule has 0 aromatic heterocycles. The molecule has 0 radical (unpaired) electrons. The van der Waals surface area contributed by atoms with E-state index in [1.54, 1.807) is 0 Å². The van der Waals surface area contributed by atoms with Gasteiger partial charge in [0.2, 0.25) is 0 Å². The molecule has 0 aliphatic heterocycles. The smallest absolute Gasteiger partial charge is 0.303 e. The lowest BCUT2D eigenvalue weighted by Crippen LogP contribution is -2.01. The Morgan fingerprint density at radius 3 is 0.840 bits per heavy atom. The summed E-state index contributed by atoms with van der Waals surface area (Å²) in [6.45, 7) is 21.6. The molecule has 0 aromatic rings. The molecule has 2 nitrogen and oxygen atoms in total. The van der Waals surface area contributed by atoms with Crippen LogP contribution in [0.1, 0.15) is 268 Å². The number of rotatable bonds is 37. The molecular formula is C48H98O2. The molecule has 0 aliphatic rings. The Balaban J connectivity index is 0. The van der Waals surface area contributed by atoms with Crippen LogP contribution in [0.5, 0.6) is 0 Å². The summed E-state index contributed by atoms with van der Waals surface area (Å²) in [6, 6.07) is 0. The van der Waals surface area contributed by atoms with E-state index in [2.05, 4.69) is 62.3 Å². The molecule has 2 heteroatoms. The molecule has 0 bridgehead atoms. The molecular weight excluding hydrogens is 609 g/mol. The van der Waals surface area contributed by atoms with Gasteiger partial charge in [-0.2, -0.15) is 0 Å². The third kappa shape index (κ3) is 45.5. The highest BCUT2D eigenvalue weighted by atomic mass is 16.4. The molecule has 0 saturated heterocycles. The fourth-order valence-electron chi connectivity index (χ4n) is 7.59. The summed E-state index contributed by atoms with van der Waals surface area (Å²) < 4.78 is 0. The van der Waals surface area contributed by atoms with Gasteiger partial charge in [-0.1, -0.05) is 255 Å². The maximum absolute atomic E-state index is 10.3. The highest BCUT2D eigenvalue weighted by Crippen LogP contribution is 2.24. The number of unbranched alkanes of at least 4 members (excludes halogenated alkanes) is 15. The van der Waals surface area contributed by atoms with E-state index in [-0.39, 0.29) is 0 Å². The number of carbonyl (C=O) groups is 1. The summed E-state index contributed by atoms with van der Waals surface area (Å²) in [6.07, 6.45) is 43.4. The maximum Gasteiger partial charge on any atom is 0.303 e. The van der Waals surface area contributed by atoms with Gasteiger partial charge in [0.05, 0.1) is 0 Å². The van der Waals surface area contributed by atoms with Crippen molar-refractivity contribution in [3.05, 3.63) is 0 Å². The second-order valence-electron chi connectivity index (χ2n) is 18.3. The van der Waals surface area contributed by atoms with E-state index >= 15 is 0 Å². The Labute approximate surface area is 318 Å². The Hall–Kier alpha value is -0.530. The first-order valence-electron chi connectivity index (χ1n) is 23.2. The number of carboxylic acid groups (broad SMARTS) is 1. The number of aliphatic carboxylic acids is 1. The van der Waals surface area contributed by atoms with Crippen molar-refractivity contribution in [2.24, 2.45) is 35.5 Å². The molecule has 0 aromatic carbocycles. The standard InChI is InChI=1S/C30H62.C18H36O2/c1-25(2)15-11-19-29(7)23-13-21-27(5)17-9-10-18-28(6)22-14-24-30(8)20-12-16-26(3)4;1-2-3-4-5-6-7-8-9-10-11-12-13-14-15-16-17-18(19)20/h25-30H,9-24H2,1-8H3;2-17H2,1H3,(H,19,20). The summed E-state index contributed by atoms with van der Waals surface area (Å²) >= 11 is 0. The lowest BCUT2D eigenvalue weighted by atomic mass is 9.90. The van der Waals surface area contributed by atoms with E-state index in [0.717, 1.165) is 48.3 Å². The zero-order valence-corrected chi connectivity index (χ0v) is 36.4. The van der Waals surface area contributed by atoms with E-state index in [1.165, 1.54) is 186 Å². The highest BCUT2D eigenvalue weighted by Gasteiger charge is 2.09. The number of hydrogen-bond acceptors (Lipinski definition) is 1. The second-order valence-corrected chi connectivity index (χ2v) is 18.3. The van der Waals surface area contributed by atoms with Crippen LogP contribution in [0.2, 0.25) is 0 Å². The average Bonchev–Trinajstić information content (AvgIpc) is 3.04. The van der Waals surface area contributed by atoms with Crippen LogP contribution in [0.3, 0.4) is 0 Å². The quantitative estimate of drug-likeness (QED) is 0.0653. The normalized spacial score (nSPS) is 14.1. The zero-order valence-electron chi connectivity index (χ0n) is 36.4. The molecule has 4 atom stereocenters. The van der Waals surface area contributed by atoms with E-state index in [4.69, 9.17) is 5.11 Å². The van der Waals surface area contributed by atoms with Crippen molar-refractivity contribution in [2.45, 2.75) is 268 Å². The minimum atomic E-state index is -0.653. The summed E-state index contributed by atoms with van der Waals surface area (Å²) in [5.74, 6) is 4.86. The Morgan fingerprint density at radius 1 is 0.340 bits per heavy atom. The summed E-state index contributed by atoms with van der Waals surface area (Å²) in [5, 5.41) is 8.52. The van der Waals surface area contributed by atoms with Gasteiger partial charge < -0.3 is 5.11 Å². The van der Waals surface area contributed by atoms with Crippen LogP contribution in [0.4, 0.5) is 0 Å². The van der Waals surface area contributed by atoms with Crippen LogP contribution in [0.15, 0.2) is 0 Å². The second kappa shape index (κ2) is 39.7. The number of carboxylic acids is 1. The van der Waals surface area contributed by atoms with Gasteiger partial charge in [0.25, 0.3) is 0 Å². The van der Waals surface area contributed by atoms with E-state index in [0.29, 0.717) is 6.42 Å². The molecule has 302 valence electrons. The molecule has 0 heterocycles. The fourth-order valence-corrected chi connectivity index (χ4v) is 7.59. The summed E-state index contributed by atoms with van der Waals surface area (Å²) in [5.41, 5.74) is 0. The topological polar surface area (TPSA) is 37.3 Å². The Morgan fingerprint density at radius 2 is 0.580 bits per heavy atom. The van der Waals surface area contributed by atoms with E-state index < -0.39 is 5.97 Å². The van der Waals surface area contributed by atoms with Crippen molar-refractivity contribution in [3.63, 3.8) is 0 Å². The Kier molecular flexibility index (Phi) is 40.9. The zero-order chi connectivity index (χ0) is 37.7. The minimum Gasteiger partial charge on any atom is -0.481 e. The van der Waals surface area contributed by atoms with E-state index in [9.17, 15) is 4.79 Å². The first-order chi connectivity index (χ1) is 24.0. The van der Waals surface area contributed by atoms with Crippen LogP contribution in [-0.2, 0) is 4.79 Å². The molecule has 0 rings (SSSR count). The van der Waals surface area contributed by atoms with Gasteiger partial charge in [-0.15, -0.1) is 0 Å². The van der Waals surface area contributed by atoms with Gasteiger partial charge in [-0.05, 0) is 41.9 Å². The molecule has 50 heavy (non-hydrogen) atoms. The third-order valence-corrected chi connectivity index (χ3v) is 11.4. The maximum atomic E-state index is 10.3. The van der Waals surface area contributed by atoms with Gasteiger partial charge in [-0.3, -0.25) is 4.79 Å². The van der Waals surface area contributed by atoms with Gasteiger partial charge in [-0.25, -0.2) is 0 Å². The van der Waals surface area contributed by atoms with Crippen molar-refractivity contribution in [2.75, 3.05) is 0 Å². The monoisotopic (exact) mass is 707 g/mol. The molecule has 0 aliphatic carbocycles. The van der Waals surface area contributed by atoms with Crippen LogP contribution in [0.25, 0.3) is 0 Å². The molecule has 0 saturated carbocycles. The first kappa shape index (κ1) is 51.6. The average molecular weight is 707 g/mol. The predicted molar refractivity (Wildman–Crippen MR) is 227 cm³/mol. The lowest BCUT2D eigenvalue weighted by Gasteiger charge is -2.16. The van der Waals surface area contributed by atoms with E-state index in [1.807, 2.05) is 0 Å². The molecule has 0 fully saturated rings. The van der Waals surface area contributed by atoms with Gasteiger partial charge in [0.1, 0.15) is 0 Å². The van der Waals surface area contributed by atoms with Crippen LogP contribution < -0.4 is 0 Å². The molecule has 4 unspecified atom stereocenters. The third-order valence-electron chi connectivity index (χ3n) is 11.4. The van der Waals surface area contributed by atoms with Gasteiger partial charge in [0.15, 0.2) is 0 Å². The largest absolute Gasteiger partial charge is 0.481 e. The minimum absolute atomic E-state index is 0.345. The molecule has 0 amide bonds. The van der Waals surface area contributed by atoms with Crippen molar-refractivity contribution >= 4 is 5.97 Å². The van der Waals surface area contributed by atoms with Crippen molar-refractivity contribution in [3.8, 4) is 0 Å². The van der Waals surface area contributed by atoms with Gasteiger partial charge in [0, 0.05) is 6.42 Å². The SMILES string of the molecule is CC(C)CCCC(C)CCCC(C)CCCCC(C)CCCC(C)CCCC(C)C.CCCCCCCCCCCCCCCCCC(=O)O. The van der Waals surface area contributed by atoms with Crippen LogP contribution in [0, 0.1) is 35.5 Å².